The second-order valence-electron chi connectivity index (χ2n) is 4.96. The van der Waals surface area contributed by atoms with Crippen LogP contribution in [-0.2, 0) is 11.2 Å². The molecule has 0 aliphatic carbocycles. The first-order valence-electron chi connectivity index (χ1n) is 6.37. The summed E-state index contributed by atoms with van der Waals surface area (Å²) in [4.78, 5) is 18.8. The topological polar surface area (TPSA) is 55.0 Å². The molecule has 0 radical (unpaired) electrons. The molecule has 1 N–H and O–H groups in total. The largest absolute Gasteiger partial charge is 0.378 e. The number of nitrogens with zero attached hydrogens (tertiary/aromatic N) is 1. The number of H-pyrrole nitrogens is 1. The fraction of sp³-hybridized carbons (Fsp3) is 0.692. The molecule has 1 fully saturated rings. The van der Waals surface area contributed by atoms with Crippen LogP contribution in [0.2, 0.25) is 0 Å². The number of rotatable bonds is 3. The SMILES string of the molecule is CC(C)c1cc(=O)[nH]c(CC2CCCCO2)n1. The normalized spacial score (nSPS) is 20.8. The zero-order valence-electron chi connectivity index (χ0n) is 10.5. The van der Waals surface area contributed by atoms with Gasteiger partial charge in [0.1, 0.15) is 5.82 Å². The van der Waals surface area contributed by atoms with Gasteiger partial charge in [0, 0.05) is 19.1 Å². The highest BCUT2D eigenvalue weighted by molar-refractivity contribution is 5.07. The van der Waals surface area contributed by atoms with Gasteiger partial charge >= 0.3 is 0 Å². The van der Waals surface area contributed by atoms with E-state index in [0.29, 0.717) is 0 Å². The first-order chi connectivity index (χ1) is 8.15. The highest BCUT2D eigenvalue weighted by Gasteiger charge is 2.16. The Bertz CT molecular complexity index is 420. The average Bonchev–Trinajstić information content (AvgIpc) is 2.29. The van der Waals surface area contributed by atoms with Gasteiger partial charge < -0.3 is 9.72 Å². The predicted octanol–water partition coefficient (Wildman–Crippen LogP) is 2.00. The maximum atomic E-state index is 11.5. The monoisotopic (exact) mass is 236 g/mol. The van der Waals surface area contributed by atoms with E-state index in [-0.39, 0.29) is 17.6 Å². The van der Waals surface area contributed by atoms with Crippen molar-refractivity contribution in [1.29, 1.82) is 0 Å². The fourth-order valence-electron chi connectivity index (χ4n) is 2.11. The maximum absolute atomic E-state index is 11.5. The van der Waals surface area contributed by atoms with Crippen LogP contribution in [0.3, 0.4) is 0 Å². The molecule has 1 aliphatic heterocycles. The molecule has 1 atom stereocenters. The van der Waals surface area contributed by atoms with Crippen molar-refractivity contribution in [3.05, 3.63) is 27.9 Å². The summed E-state index contributed by atoms with van der Waals surface area (Å²) in [5, 5.41) is 0. The van der Waals surface area contributed by atoms with E-state index in [1.807, 2.05) is 13.8 Å². The Morgan fingerprint density at radius 1 is 1.53 bits per heavy atom. The van der Waals surface area contributed by atoms with Crippen LogP contribution in [0.1, 0.15) is 50.5 Å². The Kier molecular flexibility index (Phi) is 3.94. The lowest BCUT2D eigenvalue weighted by Crippen LogP contribution is -2.24. The lowest BCUT2D eigenvalue weighted by molar-refractivity contribution is 0.0156. The van der Waals surface area contributed by atoms with E-state index < -0.39 is 0 Å². The Labute approximate surface area is 101 Å². The molecule has 2 heterocycles. The predicted molar refractivity (Wildman–Crippen MR) is 66.2 cm³/mol. The zero-order chi connectivity index (χ0) is 12.3. The van der Waals surface area contributed by atoms with Crippen molar-refractivity contribution < 1.29 is 4.74 Å². The van der Waals surface area contributed by atoms with E-state index in [1.54, 1.807) is 6.07 Å². The molecule has 1 aliphatic rings. The molecule has 1 aromatic heterocycles. The molecule has 1 aromatic rings. The molecular formula is C13H20N2O2. The Morgan fingerprint density at radius 2 is 2.35 bits per heavy atom. The van der Waals surface area contributed by atoms with Crippen molar-refractivity contribution in [2.75, 3.05) is 6.61 Å². The van der Waals surface area contributed by atoms with Crippen LogP contribution < -0.4 is 5.56 Å². The van der Waals surface area contributed by atoms with Crippen molar-refractivity contribution in [2.24, 2.45) is 0 Å². The van der Waals surface area contributed by atoms with Gasteiger partial charge in [-0.25, -0.2) is 4.98 Å². The number of aromatic nitrogens is 2. The molecule has 0 aromatic carbocycles. The third kappa shape index (κ3) is 3.40. The summed E-state index contributed by atoms with van der Waals surface area (Å²) in [5.41, 5.74) is 0.800. The lowest BCUT2D eigenvalue weighted by atomic mass is 10.1. The summed E-state index contributed by atoms with van der Waals surface area (Å²) < 4.78 is 5.66. The van der Waals surface area contributed by atoms with E-state index in [0.717, 1.165) is 37.4 Å². The van der Waals surface area contributed by atoms with Crippen LogP contribution in [0, 0.1) is 0 Å². The van der Waals surface area contributed by atoms with Crippen molar-refractivity contribution in [3.8, 4) is 0 Å². The maximum Gasteiger partial charge on any atom is 0.251 e. The fourth-order valence-corrected chi connectivity index (χ4v) is 2.11. The highest BCUT2D eigenvalue weighted by atomic mass is 16.5. The first kappa shape index (κ1) is 12.3. The third-order valence-corrected chi connectivity index (χ3v) is 3.10. The third-order valence-electron chi connectivity index (χ3n) is 3.10. The minimum Gasteiger partial charge on any atom is -0.378 e. The minimum atomic E-state index is -0.0606. The van der Waals surface area contributed by atoms with E-state index in [9.17, 15) is 4.79 Å². The summed E-state index contributed by atoms with van der Waals surface area (Å²) in [6.07, 6.45) is 4.35. The van der Waals surface area contributed by atoms with Gasteiger partial charge in [-0.1, -0.05) is 13.8 Å². The van der Waals surface area contributed by atoms with Gasteiger partial charge in [-0.3, -0.25) is 4.79 Å². The molecule has 17 heavy (non-hydrogen) atoms. The molecule has 0 saturated carbocycles. The molecule has 4 heteroatoms. The van der Waals surface area contributed by atoms with Crippen LogP contribution in [0.5, 0.6) is 0 Å². The summed E-state index contributed by atoms with van der Waals surface area (Å²) in [5.74, 6) is 1.04. The molecular weight excluding hydrogens is 216 g/mol. The van der Waals surface area contributed by atoms with E-state index in [4.69, 9.17) is 4.74 Å². The number of nitrogens with one attached hydrogen (secondary N) is 1. The van der Waals surface area contributed by atoms with Crippen LogP contribution >= 0.6 is 0 Å². The second kappa shape index (κ2) is 5.45. The summed E-state index contributed by atoms with van der Waals surface area (Å²) >= 11 is 0. The van der Waals surface area contributed by atoms with Crippen molar-refractivity contribution in [1.82, 2.24) is 9.97 Å². The van der Waals surface area contributed by atoms with Gasteiger partial charge in [-0.05, 0) is 25.2 Å². The van der Waals surface area contributed by atoms with Crippen LogP contribution in [0.15, 0.2) is 10.9 Å². The van der Waals surface area contributed by atoms with E-state index in [2.05, 4.69) is 9.97 Å². The summed E-state index contributed by atoms with van der Waals surface area (Å²) in [6, 6.07) is 1.58. The molecule has 4 nitrogen and oxygen atoms in total. The molecule has 0 amide bonds. The molecule has 1 unspecified atom stereocenters. The van der Waals surface area contributed by atoms with Crippen LogP contribution in [-0.4, -0.2) is 22.7 Å². The van der Waals surface area contributed by atoms with Gasteiger partial charge in [0.25, 0.3) is 5.56 Å². The zero-order valence-corrected chi connectivity index (χ0v) is 10.5. The van der Waals surface area contributed by atoms with Gasteiger partial charge in [-0.15, -0.1) is 0 Å². The van der Waals surface area contributed by atoms with Gasteiger partial charge in [0.15, 0.2) is 0 Å². The number of hydrogen-bond acceptors (Lipinski definition) is 3. The van der Waals surface area contributed by atoms with Crippen LogP contribution in [0.4, 0.5) is 0 Å². The molecule has 0 spiro atoms. The smallest absolute Gasteiger partial charge is 0.251 e. The van der Waals surface area contributed by atoms with Gasteiger partial charge in [0.2, 0.25) is 0 Å². The second-order valence-corrected chi connectivity index (χ2v) is 4.96. The standard InChI is InChI=1S/C13H20N2O2/c1-9(2)11-8-13(16)15-12(14-11)7-10-5-3-4-6-17-10/h8-10H,3-7H2,1-2H3,(H,14,15,16). The Morgan fingerprint density at radius 3 is 3.00 bits per heavy atom. The molecule has 1 saturated heterocycles. The van der Waals surface area contributed by atoms with Crippen molar-refractivity contribution >= 4 is 0 Å². The Hall–Kier alpha value is -1.16. The average molecular weight is 236 g/mol. The summed E-state index contributed by atoms with van der Waals surface area (Å²) in [7, 11) is 0. The van der Waals surface area contributed by atoms with E-state index >= 15 is 0 Å². The van der Waals surface area contributed by atoms with Gasteiger partial charge in [-0.2, -0.15) is 0 Å². The number of aromatic amines is 1. The van der Waals surface area contributed by atoms with Gasteiger partial charge in [0.05, 0.1) is 11.8 Å². The molecule has 2 rings (SSSR count). The van der Waals surface area contributed by atoms with Crippen LogP contribution in [0.25, 0.3) is 0 Å². The minimum absolute atomic E-state index is 0.0606. The number of hydrogen-bond donors (Lipinski definition) is 1. The molecule has 0 bridgehead atoms. The lowest BCUT2D eigenvalue weighted by Gasteiger charge is -2.22. The van der Waals surface area contributed by atoms with E-state index in [1.165, 1.54) is 6.42 Å². The van der Waals surface area contributed by atoms with Crippen molar-refractivity contribution in [2.45, 2.75) is 51.6 Å². The molecule has 94 valence electrons. The number of ether oxygens (including phenoxy) is 1. The van der Waals surface area contributed by atoms with Crippen molar-refractivity contribution in [3.63, 3.8) is 0 Å². The quantitative estimate of drug-likeness (QED) is 0.873. The first-order valence-corrected chi connectivity index (χ1v) is 6.37. The summed E-state index contributed by atoms with van der Waals surface area (Å²) in [6.45, 7) is 4.92. The Balaban J connectivity index is 2.11. The highest BCUT2D eigenvalue weighted by Crippen LogP contribution is 2.16.